The standard InChI is InChI=1S/C18H18N2O5/c1-18(2,3)17(25)20-13(21)9-8-12(16(20)24)19-14(22)10-6-4-5-7-11(10)15(19)23/h4-7,12H,8-9H2,1-3H3. The molecule has 7 heteroatoms. The highest BCUT2D eigenvalue weighted by Gasteiger charge is 2.49. The zero-order chi connectivity index (χ0) is 18.5. The first kappa shape index (κ1) is 17.0. The van der Waals surface area contributed by atoms with Crippen LogP contribution in [0.25, 0.3) is 0 Å². The molecule has 0 spiro atoms. The van der Waals surface area contributed by atoms with Crippen LogP contribution >= 0.6 is 0 Å². The Morgan fingerprint density at radius 1 is 1.00 bits per heavy atom. The van der Waals surface area contributed by atoms with E-state index in [9.17, 15) is 24.0 Å². The molecule has 0 radical (unpaired) electrons. The predicted octanol–water partition coefficient (Wildman–Crippen LogP) is 1.37. The molecule has 0 bridgehead atoms. The van der Waals surface area contributed by atoms with Gasteiger partial charge in [0.25, 0.3) is 17.7 Å². The van der Waals surface area contributed by atoms with Crippen molar-refractivity contribution in [2.24, 2.45) is 5.41 Å². The van der Waals surface area contributed by atoms with Gasteiger partial charge in [0.1, 0.15) is 6.04 Å². The molecule has 0 aliphatic carbocycles. The Balaban J connectivity index is 1.96. The number of benzene rings is 1. The SMILES string of the molecule is CC(C)(C)C(=O)N1C(=O)CCC(N2C(=O)c3ccccc3C2=O)C1=O. The molecule has 5 amide bonds. The van der Waals surface area contributed by atoms with Gasteiger partial charge < -0.3 is 0 Å². The third kappa shape index (κ3) is 2.56. The van der Waals surface area contributed by atoms with Crippen LogP contribution in [0.5, 0.6) is 0 Å². The zero-order valence-electron chi connectivity index (χ0n) is 14.2. The molecule has 1 fully saturated rings. The van der Waals surface area contributed by atoms with Gasteiger partial charge in [-0.15, -0.1) is 0 Å². The summed E-state index contributed by atoms with van der Waals surface area (Å²) in [5.41, 5.74) is -0.480. The van der Waals surface area contributed by atoms with E-state index in [0.29, 0.717) is 4.90 Å². The van der Waals surface area contributed by atoms with Crippen molar-refractivity contribution in [2.45, 2.75) is 39.7 Å². The number of likely N-dealkylation sites (tertiary alicyclic amines) is 1. The van der Waals surface area contributed by atoms with Gasteiger partial charge in [-0.3, -0.25) is 28.9 Å². The molecule has 0 aromatic heterocycles. The zero-order valence-corrected chi connectivity index (χ0v) is 14.2. The van der Waals surface area contributed by atoms with Crippen LogP contribution in [0.4, 0.5) is 0 Å². The third-order valence-electron chi connectivity index (χ3n) is 4.37. The number of piperidine rings is 1. The molecule has 0 N–H and O–H groups in total. The molecule has 2 aliphatic heterocycles. The smallest absolute Gasteiger partial charge is 0.262 e. The van der Waals surface area contributed by atoms with Gasteiger partial charge >= 0.3 is 0 Å². The fraction of sp³-hybridized carbons (Fsp3) is 0.389. The summed E-state index contributed by atoms with van der Waals surface area (Å²) in [7, 11) is 0. The van der Waals surface area contributed by atoms with Gasteiger partial charge in [0.05, 0.1) is 11.1 Å². The highest BCUT2D eigenvalue weighted by atomic mass is 16.2. The molecule has 25 heavy (non-hydrogen) atoms. The summed E-state index contributed by atoms with van der Waals surface area (Å²) in [5.74, 6) is -3.19. The summed E-state index contributed by atoms with van der Waals surface area (Å²) < 4.78 is 0. The molecule has 2 aliphatic rings. The Kier molecular flexibility index (Phi) is 3.82. The Morgan fingerprint density at radius 2 is 1.52 bits per heavy atom. The van der Waals surface area contributed by atoms with E-state index in [1.165, 1.54) is 12.1 Å². The van der Waals surface area contributed by atoms with Gasteiger partial charge in [-0.25, -0.2) is 4.90 Å². The van der Waals surface area contributed by atoms with Crippen LogP contribution in [0.15, 0.2) is 24.3 Å². The van der Waals surface area contributed by atoms with E-state index in [1.54, 1.807) is 32.9 Å². The lowest BCUT2D eigenvalue weighted by Crippen LogP contribution is -2.59. The third-order valence-corrected chi connectivity index (χ3v) is 4.37. The quantitative estimate of drug-likeness (QED) is 0.719. The van der Waals surface area contributed by atoms with E-state index < -0.39 is 41.0 Å². The van der Waals surface area contributed by atoms with Crippen LogP contribution in [-0.2, 0) is 14.4 Å². The van der Waals surface area contributed by atoms with Crippen molar-refractivity contribution in [3.8, 4) is 0 Å². The molecule has 3 rings (SSSR count). The van der Waals surface area contributed by atoms with Crippen LogP contribution in [0.3, 0.4) is 0 Å². The van der Waals surface area contributed by atoms with Crippen LogP contribution in [0, 0.1) is 5.41 Å². The van der Waals surface area contributed by atoms with Crippen molar-refractivity contribution in [1.29, 1.82) is 0 Å². The highest BCUT2D eigenvalue weighted by molar-refractivity contribution is 6.24. The number of hydrogen-bond acceptors (Lipinski definition) is 5. The molecule has 1 unspecified atom stereocenters. The van der Waals surface area contributed by atoms with Gasteiger partial charge in [0, 0.05) is 11.8 Å². The van der Waals surface area contributed by atoms with Crippen molar-refractivity contribution in [3.63, 3.8) is 0 Å². The van der Waals surface area contributed by atoms with E-state index >= 15 is 0 Å². The first-order valence-corrected chi connectivity index (χ1v) is 8.02. The van der Waals surface area contributed by atoms with Crippen LogP contribution in [-0.4, -0.2) is 45.4 Å². The molecular formula is C18H18N2O5. The molecule has 7 nitrogen and oxygen atoms in total. The second-order valence-corrected chi connectivity index (χ2v) is 7.20. The Morgan fingerprint density at radius 3 is 2.00 bits per heavy atom. The average Bonchev–Trinajstić information content (AvgIpc) is 2.79. The number of imide groups is 4. The Bertz CT molecular complexity index is 786. The fourth-order valence-electron chi connectivity index (χ4n) is 3.05. The van der Waals surface area contributed by atoms with Gasteiger partial charge in [-0.05, 0) is 18.6 Å². The largest absolute Gasteiger partial charge is 0.274 e. The predicted molar refractivity (Wildman–Crippen MR) is 86.3 cm³/mol. The fourth-order valence-corrected chi connectivity index (χ4v) is 3.05. The number of hydrogen-bond donors (Lipinski definition) is 0. The second kappa shape index (κ2) is 5.61. The van der Waals surface area contributed by atoms with E-state index in [0.717, 1.165) is 4.90 Å². The molecule has 2 heterocycles. The van der Waals surface area contributed by atoms with E-state index in [4.69, 9.17) is 0 Å². The Labute approximate surface area is 144 Å². The normalized spacial score (nSPS) is 21.0. The van der Waals surface area contributed by atoms with Crippen molar-refractivity contribution < 1.29 is 24.0 Å². The lowest BCUT2D eigenvalue weighted by Gasteiger charge is -2.35. The number of rotatable bonds is 1. The monoisotopic (exact) mass is 342 g/mol. The minimum atomic E-state index is -1.14. The summed E-state index contributed by atoms with van der Waals surface area (Å²) in [6.07, 6.45) is -0.0529. The molecule has 130 valence electrons. The molecule has 1 saturated heterocycles. The van der Waals surface area contributed by atoms with Gasteiger partial charge in [-0.1, -0.05) is 32.9 Å². The number of amides is 5. The molecule has 1 aromatic carbocycles. The van der Waals surface area contributed by atoms with Crippen molar-refractivity contribution >= 4 is 29.5 Å². The summed E-state index contributed by atoms with van der Waals surface area (Å²) in [6.45, 7) is 4.80. The molecule has 0 saturated carbocycles. The average molecular weight is 342 g/mol. The maximum Gasteiger partial charge on any atom is 0.262 e. The van der Waals surface area contributed by atoms with Crippen molar-refractivity contribution in [2.75, 3.05) is 0 Å². The number of nitrogens with zero attached hydrogens (tertiary/aromatic N) is 2. The first-order chi connectivity index (χ1) is 11.6. The number of fused-ring (bicyclic) bond motifs is 1. The van der Waals surface area contributed by atoms with E-state index in [2.05, 4.69) is 0 Å². The summed E-state index contributed by atoms with van der Waals surface area (Å²) in [5, 5.41) is 0. The number of carbonyl (C=O) groups is 5. The van der Waals surface area contributed by atoms with Crippen LogP contribution in [0.1, 0.15) is 54.3 Å². The maximum absolute atomic E-state index is 12.8. The van der Waals surface area contributed by atoms with Gasteiger partial charge in [0.2, 0.25) is 11.8 Å². The summed E-state index contributed by atoms with van der Waals surface area (Å²) in [4.78, 5) is 64.0. The van der Waals surface area contributed by atoms with Crippen LogP contribution < -0.4 is 0 Å². The topological polar surface area (TPSA) is 91.8 Å². The van der Waals surface area contributed by atoms with Crippen molar-refractivity contribution in [1.82, 2.24) is 9.80 Å². The second-order valence-electron chi connectivity index (χ2n) is 7.20. The number of carbonyl (C=O) groups excluding carboxylic acids is 5. The minimum Gasteiger partial charge on any atom is -0.274 e. The van der Waals surface area contributed by atoms with Crippen LogP contribution in [0.2, 0.25) is 0 Å². The van der Waals surface area contributed by atoms with E-state index in [1.807, 2.05) is 0 Å². The first-order valence-electron chi connectivity index (χ1n) is 8.02. The Hall–Kier alpha value is -2.83. The summed E-state index contributed by atoms with van der Waals surface area (Å²) >= 11 is 0. The molecule has 1 aromatic rings. The molecular weight excluding hydrogens is 324 g/mol. The lowest BCUT2D eigenvalue weighted by atomic mass is 9.92. The highest BCUT2D eigenvalue weighted by Crippen LogP contribution is 2.30. The van der Waals surface area contributed by atoms with Gasteiger partial charge in [0.15, 0.2) is 0 Å². The van der Waals surface area contributed by atoms with E-state index in [-0.39, 0.29) is 24.0 Å². The van der Waals surface area contributed by atoms with Gasteiger partial charge in [-0.2, -0.15) is 0 Å². The van der Waals surface area contributed by atoms with Crippen molar-refractivity contribution in [3.05, 3.63) is 35.4 Å². The lowest BCUT2D eigenvalue weighted by molar-refractivity contribution is -0.163. The maximum atomic E-state index is 12.8. The minimum absolute atomic E-state index is 0.0249. The summed E-state index contributed by atoms with van der Waals surface area (Å²) in [6, 6.07) is 5.17. The molecule has 1 atom stereocenters.